The maximum absolute atomic E-state index is 5.61. The fourth-order valence-electron chi connectivity index (χ4n) is 2.66. The van der Waals surface area contributed by atoms with Gasteiger partial charge in [0.2, 0.25) is 0 Å². The van der Waals surface area contributed by atoms with Crippen molar-refractivity contribution in [1.82, 2.24) is 5.16 Å². The Labute approximate surface area is 113 Å². The molecule has 100 valence electrons. The molecule has 3 nitrogen and oxygen atoms in total. The lowest BCUT2D eigenvalue weighted by atomic mass is 9.96. The Kier molecular flexibility index (Phi) is 3.15. The van der Waals surface area contributed by atoms with Crippen molar-refractivity contribution in [2.75, 3.05) is 7.11 Å². The number of aromatic nitrogens is 1. The number of benzene rings is 1. The van der Waals surface area contributed by atoms with E-state index in [4.69, 9.17) is 9.26 Å². The molecule has 0 atom stereocenters. The molecule has 3 rings (SSSR count). The summed E-state index contributed by atoms with van der Waals surface area (Å²) in [4.78, 5) is 0. The van der Waals surface area contributed by atoms with E-state index >= 15 is 0 Å². The van der Waals surface area contributed by atoms with Crippen LogP contribution in [0.1, 0.15) is 41.2 Å². The summed E-state index contributed by atoms with van der Waals surface area (Å²) in [5.41, 5.74) is 5.73. The molecule has 0 amide bonds. The van der Waals surface area contributed by atoms with Crippen LogP contribution in [0.2, 0.25) is 0 Å². The summed E-state index contributed by atoms with van der Waals surface area (Å²) in [6, 6.07) is 6.31. The van der Waals surface area contributed by atoms with Gasteiger partial charge >= 0.3 is 0 Å². The molecule has 0 bridgehead atoms. The minimum Gasteiger partial charge on any atom is -0.380 e. The van der Waals surface area contributed by atoms with E-state index in [0.29, 0.717) is 12.5 Å². The van der Waals surface area contributed by atoms with Gasteiger partial charge in [0.1, 0.15) is 11.5 Å². The average molecular weight is 257 g/mol. The number of rotatable bonds is 4. The number of nitrogens with zero attached hydrogens (tertiary/aromatic N) is 1. The molecular weight excluding hydrogens is 238 g/mol. The van der Waals surface area contributed by atoms with Gasteiger partial charge < -0.3 is 9.26 Å². The van der Waals surface area contributed by atoms with Crippen molar-refractivity contribution in [2.45, 2.75) is 39.2 Å². The van der Waals surface area contributed by atoms with Gasteiger partial charge in [0.05, 0.1) is 6.61 Å². The van der Waals surface area contributed by atoms with Gasteiger partial charge in [-0.15, -0.1) is 0 Å². The van der Waals surface area contributed by atoms with Gasteiger partial charge in [-0.1, -0.05) is 23.4 Å². The number of aryl methyl sites for hydroxylation is 2. The zero-order valence-corrected chi connectivity index (χ0v) is 11.7. The maximum atomic E-state index is 5.61. The molecule has 0 aliphatic heterocycles. The van der Waals surface area contributed by atoms with Crippen LogP contribution < -0.4 is 0 Å². The molecular formula is C16H19NO2. The summed E-state index contributed by atoms with van der Waals surface area (Å²) >= 11 is 0. The van der Waals surface area contributed by atoms with Crippen LogP contribution in [0, 0.1) is 13.8 Å². The van der Waals surface area contributed by atoms with Gasteiger partial charge in [-0.2, -0.15) is 0 Å². The van der Waals surface area contributed by atoms with Crippen LogP contribution >= 0.6 is 0 Å². The van der Waals surface area contributed by atoms with Gasteiger partial charge in [-0.05, 0) is 37.8 Å². The molecule has 0 saturated heterocycles. The van der Waals surface area contributed by atoms with Crippen molar-refractivity contribution in [3.63, 3.8) is 0 Å². The monoisotopic (exact) mass is 257 g/mol. The molecule has 1 aliphatic carbocycles. The van der Waals surface area contributed by atoms with E-state index in [-0.39, 0.29) is 0 Å². The zero-order chi connectivity index (χ0) is 13.4. The average Bonchev–Trinajstić information content (AvgIpc) is 3.14. The van der Waals surface area contributed by atoms with Crippen LogP contribution in [-0.2, 0) is 11.3 Å². The Morgan fingerprint density at radius 2 is 1.95 bits per heavy atom. The summed E-state index contributed by atoms with van der Waals surface area (Å²) in [6.07, 6.45) is 2.41. The highest BCUT2D eigenvalue weighted by atomic mass is 16.5. The first-order valence-electron chi connectivity index (χ1n) is 6.76. The van der Waals surface area contributed by atoms with Crippen LogP contribution in [0.3, 0.4) is 0 Å². The highest BCUT2D eigenvalue weighted by molar-refractivity contribution is 5.70. The highest BCUT2D eigenvalue weighted by Crippen LogP contribution is 2.44. The molecule has 1 fully saturated rings. The second-order valence-corrected chi connectivity index (χ2v) is 5.35. The van der Waals surface area contributed by atoms with Crippen molar-refractivity contribution in [3.05, 3.63) is 40.6 Å². The second kappa shape index (κ2) is 4.82. The van der Waals surface area contributed by atoms with Crippen molar-refractivity contribution in [1.29, 1.82) is 0 Å². The van der Waals surface area contributed by atoms with Gasteiger partial charge in [-0.25, -0.2) is 0 Å². The summed E-state index contributed by atoms with van der Waals surface area (Å²) < 4.78 is 11.0. The lowest BCUT2D eigenvalue weighted by Gasteiger charge is -2.08. The first-order valence-corrected chi connectivity index (χ1v) is 6.76. The quantitative estimate of drug-likeness (QED) is 0.831. The van der Waals surface area contributed by atoms with Crippen molar-refractivity contribution < 1.29 is 9.26 Å². The molecule has 0 N–H and O–H groups in total. The molecule has 1 saturated carbocycles. The molecule has 1 aromatic carbocycles. The van der Waals surface area contributed by atoms with Gasteiger partial charge in [0.25, 0.3) is 0 Å². The van der Waals surface area contributed by atoms with Crippen molar-refractivity contribution >= 4 is 0 Å². The fraction of sp³-hybridized carbons (Fsp3) is 0.438. The van der Waals surface area contributed by atoms with E-state index in [1.54, 1.807) is 7.11 Å². The number of hydrogen-bond acceptors (Lipinski definition) is 3. The summed E-state index contributed by atoms with van der Waals surface area (Å²) in [6.45, 7) is 4.80. The number of ether oxygens (including phenoxy) is 1. The zero-order valence-electron chi connectivity index (χ0n) is 11.7. The van der Waals surface area contributed by atoms with Crippen LogP contribution in [0.15, 0.2) is 22.7 Å². The number of hydrogen-bond donors (Lipinski definition) is 0. The first-order chi connectivity index (χ1) is 9.22. The highest BCUT2D eigenvalue weighted by Gasteiger charge is 2.32. The standard InChI is InChI=1S/C16H19NO2/c1-10-5-4-6-11(2)14(10)15-13(9-18-3)16(19-17-15)12-7-8-12/h4-6,12H,7-9H2,1-3H3. The minimum atomic E-state index is 0.552. The predicted molar refractivity (Wildman–Crippen MR) is 74.1 cm³/mol. The molecule has 1 aromatic heterocycles. The normalized spacial score (nSPS) is 14.9. The van der Waals surface area contributed by atoms with Crippen molar-refractivity contribution in [2.24, 2.45) is 0 Å². The molecule has 0 spiro atoms. The molecule has 0 unspecified atom stereocenters. The van der Waals surface area contributed by atoms with Gasteiger partial charge in [0, 0.05) is 24.2 Å². The van der Waals surface area contributed by atoms with E-state index in [2.05, 4.69) is 37.2 Å². The Morgan fingerprint density at radius 1 is 1.26 bits per heavy atom. The predicted octanol–water partition coefficient (Wildman–Crippen LogP) is 3.98. The summed E-state index contributed by atoms with van der Waals surface area (Å²) in [5.74, 6) is 1.58. The minimum absolute atomic E-state index is 0.552. The van der Waals surface area contributed by atoms with E-state index in [0.717, 1.165) is 17.0 Å². The third-order valence-electron chi connectivity index (χ3n) is 3.77. The third kappa shape index (κ3) is 2.19. The van der Waals surface area contributed by atoms with Gasteiger partial charge in [0.15, 0.2) is 0 Å². The smallest absolute Gasteiger partial charge is 0.145 e. The molecule has 3 heteroatoms. The third-order valence-corrected chi connectivity index (χ3v) is 3.77. The Hall–Kier alpha value is -1.61. The summed E-state index contributed by atoms with van der Waals surface area (Å²) in [5, 5.41) is 4.33. The molecule has 1 aliphatic rings. The van der Waals surface area contributed by atoms with E-state index in [1.807, 2.05) is 0 Å². The van der Waals surface area contributed by atoms with Crippen molar-refractivity contribution in [3.8, 4) is 11.3 Å². The van der Waals surface area contributed by atoms with E-state index in [9.17, 15) is 0 Å². The molecule has 0 radical (unpaired) electrons. The molecule has 2 aromatic rings. The largest absolute Gasteiger partial charge is 0.380 e. The fourth-order valence-corrected chi connectivity index (χ4v) is 2.66. The second-order valence-electron chi connectivity index (χ2n) is 5.35. The lowest BCUT2D eigenvalue weighted by Crippen LogP contribution is -1.96. The SMILES string of the molecule is COCc1c(-c2c(C)cccc2C)noc1C1CC1. The molecule has 19 heavy (non-hydrogen) atoms. The maximum Gasteiger partial charge on any atom is 0.145 e. The first kappa shape index (κ1) is 12.4. The summed E-state index contributed by atoms with van der Waals surface area (Å²) in [7, 11) is 1.72. The van der Waals surface area contributed by atoms with Gasteiger partial charge in [-0.3, -0.25) is 0 Å². The molecule has 1 heterocycles. The number of methoxy groups -OCH3 is 1. The topological polar surface area (TPSA) is 35.3 Å². The Bertz CT molecular complexity index is 577. The van der Waals surface area contributed by atoms with Crippen LogP contribution in [-0.4, -0.2) is 12.3 Å². The Morgan fingerprint density at radius 3 is 2.53 bits per heavy atom. The Balaban J connectivity index is 2.14. The van der Waals surface area contributed by atoms with E-state index < -0.39 is 0 Å². The van der Waals surface area contributed by atoms with Crippen LogP contribution in [0.5, 0.6) is 0 Å². The lowest BCUT2D eigenvalue weighted by molar-refractivity contribution is 0.183. The van der Waals surface area contributed by atoms with Crippen LogP contribution in [0.25, 0.3) is 11.3 Å². The van der Waals surface area contributed by atoms with Crippen LogP contribution in [0.4, 0.5) is 0 Å². The van der Waals surface area contributed by atoms with E-state index in [1.165, 1.54) is 29.5 Å².